The number of aliphatic carboxylic acids is 1. The third-order valence-corrected chi connectivity index (χ3v) is 5.71. The number of hydrogen-bond acceptors (Lipinski definition) is 5. The molecule has 0 radical (unpaired) electrons. The predicted molar refractivity (Wildman–Crippen MR) is 86.8 cm³/mol. The van der Waals surface area contributed by atoms with Gasteiger partial charge in [-0.25, -0.2) is 8.42 Å². The molecule has 1 aromatic heterocycles. The molecule has 1 aromatic carbocycles. The van der Waals surface area contributed by atoms with E-state index < -0.39 is 16.0 Å². The first-order valence-corrected chi connectivity index (χ1v) is 8.70. The number of aromatic nitrogens is 1. The van der Waals surface area contributed by atoms with Crippen molar-refractivity contribution in [1.29, 1.82) is 0 Å². The third-order valence-electron chi connectivity index (χ3n) is 3.96. The Morgan fingerprint density at radius 3 is 2.83 bits per heavy atom. The van der Waals surface area contributed by atoms with Gasteiger partial charge in [-0.3, -0.25) is 14.1 Å². The number of carboxylic acid groups (broad SMARTS) is 1. The Morgan fingerprint density at radius 1 is 1.38 bits per heavy atom. The number of rotatable bonds is 5. The number of carboxylic acids is 1. The van der Waals surface area contributed by atoms with E-state index in [9.17, 15) is 13.2 Å². The number of anilines is 1. The van der Waals surface area contributed by atoms with Crippen LogP contribution < -0.4 is 9.04 Å². The van der Waals surface area contributed by atoms with Crippen LogP contribution in [-0.4, -0.2) is 38.1 Å². The van der Waals surface area contributed by atoms with Crippen molar-refractivity contribution in [2.45, 2.75) is 17.2 Å². The highest BCUT2D eigenvalue weighted by molar-refractivity contribution is 7.92. The van der Waals surface area contributed by atoms with Crippen molar-refractivity contribution in [2.24, 2.45) is 0 Å². The second-order valence-corrected chi connectivity index (χ2v) is 7.31. The summed E-state index contributed by atoms with van der Waals surface area (Å²) in [6.07, 6.45) is 2.55. The molecular weight excluding hydrogens is 332 g/mol. The topological polar surface area (TPSA) is 96.8 Å². The maximum absolute atomic E-state index is 13.0. The van der Waals surface area contributed by atoms with E-state index in [0.29, 0.717) is 11.4 Å². The van der Waals surface area contributed by atoms with Gasteiger partial charge in [0, 0.05) is 24.7 Å². The van der Waals surface area contributed by atoms with Gasteiger partial charge in [-0.15, -0.1) is 0 Å². The van der Waals surface area contributed by atoms with E-state index in [1.807, 2.05) is 0 Å². The van der Waals surface area contributed by atoms with Crippen molar-refractivity contribution in [3.63, 3.8) is 0 Å². The van der Waals surface area contributed by atoms with Crippen LogP contribution in [0.2, 0.25) is 0 Å². The highest BCUT2D eigenvalue weighted by Gasteiger charge is 2.37. The second-order valence-electron chi connectivity index (χ2n) is 5.45. The summed E-state index contributed by atoms with van der Waals surface area (Å²) in [5, 5.41) is 9.08. The predicted octanol–water partition coefficient (Wildman–Crippen LogP) is 1.86. The van der Waals surface area contributed by atoms with Gasteiger partial charge in [-0.05, 0) is 11.6 Å². The molecule has 2 aromatic rings. The maximum Gasteiger partial charge on any atom is 0.304 e. The molecule has 1 N–H and O–H groups in total. The minimum atomic E-state index is -3.86. The SMILES string of the molecule is COc1cncc(S(=O)(=O)N2CC(CC(=O)O)c3ccccc32)c1. The van der Waals surface area contributed by atoms with E-state index in [2.05, 4.69) is 4.98 Å². The molecule has 24 heavy (non-hydrogen) atoms. The minimum Gasteiger partial charge on any atom is -0.495 e. The molecule has 0 saturated heterocycles. The molecule has 0 bridgehead atoms. The molecule has 0 aliphatic carbocycles. The lowest BCUT2D eigenvalue weighted by Gasteiger charge is -2.20. The van der Waals surface area contributed by atoms with Gasteiger partial charge in [0.15, 0.2) is 0 Å². The number of fused-ring (bicyclic) bond motifs is 1. The maximum atomic E-state index is 13.0. The number of sulfonamides is 1. The fourth-order valence-electron chi connectivity index (χ4n) is 2.85. The van der Waals surface area contributed by atoms with E-state index >= 15 is 0 Å². The number of pyridine rings is 1. The van der Waals surface area contributed by atoms with Crippen LogP contribution in [0.25, 0.3) is 0 Å². The van der Waals surface area contributed by atoms with Gasteiger partial charge in [0.2, 0.25) is 0 Å². The van der Waals surface area contributed by atoms with Crippen LogP contribution in [-0.2, 0) is 14.8 Å². The van der Waals surface area contributed by atoms with Crippen molar-refractivity contribution in [2.75, 3.05) is 18.0 Å². The zero-order valence-corrected chi connectivity index (χ0v) is 13.7. The summed E-state index contributed by atoms with van der Waals surface area (Å²) in [7, 11) is -2.42. The van der Waals surface area contributed by atoms with Gasteiger partial charge in [-0.2, -0.15) is 0 Å². The van der Waals surface area contributed by atoms with Gasteiger partial charge < -0.3 is 9.84 Å². The molecule has 7 nitrogen and oxygen atoms in total. The number of ether oxygens (including phenoxy) is 1. The molecule has 8 heteroatoms. The molecule has 0 amide bonds. The number of para-hydroxylation sites is 1. The molecule has 1 atom stereocenters. The second kappa shape index (κ2) is 6.12. The zero-order valence-electron chi connectivity index (χ0n) is 12.9. The van der Waals surface area contributed by atoms with E-state index in [1.54, 1.807) is 24.3 Å². The number of carbonyl (C=O) groups is 1. The molecule has 2 heterocycles. The standard InChI is InChI=1S/C16H16N2O5S/c1-23-12-7-13(9-17-8-12)24(21,22)18-10-11(6-16(19)20)14-4-2-3-5-15(14)18/h2-5,7-9,11H,6,10H2,1H3,(H,19,20). The normalized spacial score (nSPS) is 16.7. The minimum absolute atomic E-state index is 0.00706. The first-order valence-electron chi connectivity index (χ1n) is 7.26. The largest absolute Gasteiger partial charge is 0.495 e. The van der Waals surface area contributed by atoms with Crippen LogP contribution in [0, 0.1) is 0 Å². The lowest BCUT2D eigenvalue weighted by molar-refractivity contribution is -0.137. The number of nitrogens with zero attached hydrogens (tertiary/aromatic N) is 2. The van der Waals surface area contributed by atoms with Crippen molar-refractivity contribution in [1.82, 2.24) is 4.98 Å². The molecule has 0 fully saturated rings. The molecule has 1 aliphatic rings. The monoisotopic (exact) mass is 348 g/mol. The summed E-state index contributed by atoms with van der Waals surface area (Å²) >= 11 is 0. The van der Waals surface area contributed by atoms with Gasteiger partial charge in [0.05, 0.1) is 25.4 Å². The number of benzene rings is 1. The van der Waals surface area contributed by atoms with Gasteiger partial charge in [0.25, 0.3) is 10.0 Å². The summed E-state index contributed by atoms with van der Waals surface area (Å²) < 4.78 is 32.2. The molecular formula is C16H16N2O5S. The number of hydrogen-bond donors (Lipinski definition) is 1. The summed E-state index contributed by atoms with van der Waals surface area (Å²) in [5.41, 5.74) is 1.23. The fourth-order valence-corrected chi connectivity index (χ4v) is 4.36. The fraction of sp³-hybridized carbons (Fsp3) is 0.250. The van der Waals surface area contributed by atoms with Crippen LogP contribution in [0.15, 0.2) is 47.6 Å². The molecule has 1 aliphatic heterocycles. The lowest BCUT2D eigenvalue weighted by Crippen LogP contribution is -2.30. The summed E-state index contributed by atoms with van der Waals surface area (Å²) in [4.78, 5) is 15.0. The van der Waals surface area contributed by atoms with Crippen molar-refractivity contribution in [3.8, 4) is 5.75 Å². The molecule has 0 saturated carbocycles. The van der Waals surface area contributed by atoms with Crippen molar-refractivity contribution >= 4 is 21.7 Å². The van der Waals surface area contributed by atoms with E-state index in [4.69, 9.17) is 9.84 Å². The van der Waals surface area contributed by atoms with Crippen LogP contribution in [0.4, 0.5) is 5.69 Å². The van der Waals surface area contributed by atoms with Crippen LogP contribution >= 0.6 is 0 Å². The van der Waals surface area contributed by atoms with Crippen molar-refractivity contribution < 1.29 is 23.1 Å². The van der Waals surface area contributed by atoms with Gasteiger partial charge in [-0.1, -0.05) is 18.2 Å². The summed E-state index contributed by atoms with van der Waals surface area (Å²) in [6, 6.07) is 8.35. The summed E-state index contributed by atoms with van der Waals surface area (Å²) in [5.74, 6) is -1.00. The zero-order chi connectivity index (χ0) is 17.3. The Morgan fingerprint density at radius 2 is 2.12 bits per heavy atom. The quantitative estimate of drug-likeness (QED) is 0.886. The van der Waals surface area contributed by atoms with E-state index in [-0.39, 0.29) is 23.8 Å². The van der Waals surface area contributed by atoms with E-state index in [0.717, 1.165) is 5.56 Å². The highest BCUT2D eigenvalue weighted by atomic mass is 32.2. The Kier molecular flexibility index (Phi) is 4.15. The molecule has 1 unspecified atom stereocenters. The number of methoxy groups -OCH3 is 1. The van der Waals surface area contributed by atoms with Gasteiger partial charge in [0.1, 0.15) is 10.6 Å². The van der Waals surface area contributed by atoms with E-state index in [1.165, 1.54) is 29.9 Å². The van der Waals surface area contributed by atoms with Crippen molar-refractivity contribution in [3.05, 3.63) is 48.3 Å². The average Bonchev–Trinajstić information content (AvgIpc) is 2.94. The first-order chi connectivity index (χ1) is 11.4. The Bertz CT molecular complexity index is 882. The average molecular weight is 348 g/mol. The highest BCUT2D eigenvalue weighted by Crippen LogP contribution is 2.41. The summed E-state index contributed by atoms with van der Waals surface area (Å²) in [6.45, 7) is 0.0885. The Hall–Kier alpha value is -2.61. The van der Waals surface area contributed by atoms with Crippen LogP contribution in [0.3, 0.4) is 0 Å². The van der Waals surface area contributed by atoms with Crippen LogP contribution in [0.5, 0.6) is 5.75 Å². The molecule has 3 rings (SSSR count). The lowest BCUT2D eigenvalue weighted by atomic mass is 9.98. The third kappa shape index (κ3) is 2.80. The molecule has 126 valence electrons. The Labute approximate surface area is 139 Å². The smallest absolute Gasteiger partial charge is 0.304 e. The Balaban J connectivity index is 2.04. The first kappa shape index (κ1) is 16.3. The molecule has 0 spiro atoms. The van der Waals surface area contributed by atoms with Crippen LogP contribution in [0.1, 0.15) is 17.9 Å². The van der Waals surface area contributed by atoms with Gasteiger partial charge >= 0.3 is 5.97 Å².